The lowest BCUT2D eigenvalue weighted by Gasteiger charge is -2.11. The Balaban J connectivity index is 1.83. The van der Waals surface area contributed by atoms with Crippen LogP contribution < -0.4 is 0 Å². The molecule has 0 fully saturated rings. The van der Waals surface area contributed by atoms with E-state index in [4.69, 9.17) is 18.9 Å². The molecule has 0 saturated carbocycles. The molecule has 4 bridgehead atoms. The van der Waals surface area contributed by atoms with Crippen LogP contribution in [0.15, 0.2) is 36.4 Å². The molecule has 0 aliphatic carbocycles. The standard InChI is InChI=1S/C22H20O8/c1-13-7-15-11-16(8-13)20(24)28-4-6-30-22(26)18-10-14(2)9-17(12-18)21(25)29-5-3-27-19(15)23/h7-12H,3-6H2,1-2H3. The first-order chi connectivity index (χ1) is 14.3. The predicted molar refractivity (Wildman–Crippen MR) is 103 cm³/mol. The van der Waals surface area contributed by atoms with Crippen LogP contribution in [0.1, 0.15) is 52.6 Å². The minimum absolute atomic E-state index is 0.168. The van der Waals surface area contributed by atoms with E-state index in [1.54, 1.807) is 38.1 Å². The van der Waals surface area contributed by atoms with Gasteiger partial charge in [-0.3, -0.25) is 0 Å². The zero-order valence-corrected chi connectivity index (χ0v) is 16.6. The Hall–Kier alpha value is -3.68. The first-order valence-electron chi connectivity index (χ1n) is 9.25. The van der Waals surface area contributed by atoms with E-state index in [0.717, 1.165) is 0 Å². The predicted octanol–water partition coefficient (Wildman–Crippen LogP) is 2.64. The van der Waals surface area contributed by atoms with Crippen molar-refractivity contribution in [1.82, 2.24) is 0 Å². The molecule has 0 N–H and O–H groups in total. The van der Waals surface area contributed by atoms with Gasteiger partial charge < -0.3 is 18.9 Å². The lowest BCUT2D eigenvalue weighted by molar-refractivity contribution is 0.0254. The van der Waals surface area contributed by atoms with Crippen molar-refractivity contribution in [3.8, 4) is 0 Å². The number of ether oxygens (including phenoxy) is 4. The summed E-state index contributed by atoms with van der Waals surface area (Å²) in [6.45, 7) is 2.77. The Bertz CT molecular complexity index is 854. The summed E-state index contributed by atoms with van der Waals surface area (Å²) >= 11 is 0. The van der Waals surface area contributed by atoms with Gasteiger partial charge in [0.1, 0.15) is 26.4 Å². The van der Waals surface area contributed by atoms with Crippen LogP contribution in [0.2, 0.25) is 0 Å². The molecule has 2 aromatic rings. The van der Waals surface area contributed by atoms with Gasteiger partial charge >= 0.3 is 23.9 Å². The lowest BCUT2D eigenvalue weighted by atomic mass is 10.1. The first kappa shape index (κ1) is 21.0. The summed E-state index contributed by atoms with van der Waals surface area (Å²) in [7, 11) is 0. The monoisotopic (exact) mass is 412 g/mol. The molecule has 8 nitrogen and oxygen atoms in total. The van der Waals surface area contributed by atoms with Crippen LogP contribution >= 0.6 is 0 Å². The summed E-state index contributed by atoms with van der Waals surface area (Å²) in [5.41, 5.74) is 2.01. The SMILES string of the molecule is Cc1cc2cc(c1)C(=O)OCCOC(=O)c1cc(C)cc(c1)C(=O)OCCOC2=O. The average Bonchev–Trinajstić information content (AvgIpc) is 2.72. The van der Waals surface area contributed by atoms with E-state index in [-0.39, 0.29) is 48.7 Å². The van der Waals surface area contributed by atoms with E-state index in [2.05, 4.69) is 0 Å². The van der Waals surface area contributed by atoms with Crippen molar-refractivity contribution in [3.05, 3.63) is 69.8 Å². The zero-order chi connectivity index (χ0) is 21.7. The topological polar surface area (TPSA) is 105 Å². The van der Waals surface area contributed by atoms with Crippen molar-refractivity contribution < 1.29 is 38.1 Å². The number of carbonyl (C=O) groups is 4. The van der Waals surface area contributed by atoms with Gasteiger partial charge in [-0.15, -0.1) is 0 Å². The van der Waals surface area contributed by atoms with Gasteiger partial charge in [-0.1, -0.05) is 0 Å². The highest BCUT2D eigenvalue weighted by Gasteiger charge is 2.17. The third-order valence-electron chi connectivity index (χ3n) is 4.20. The number of benzene rings is 2. The average molecular weight is 412 g/mol. The lowest BCUT2D eigenvalue weighted by Crippen LogP contribution is -2.17. The van der Waals surface area contributed by atoms with Crippen LogP contribution in [0, 0.1) is 13.8 Å². The van der Waals surface area contributed by atoms with Crippen molar-refractivity contribution in [2.45, 2.75) is 13.8 Å². The molecule has 1 aliphatic rings. The third-order valence-corrected chi connectivity index (χ3v) is 4.20. The molecule has 1 heterocycles. The molecule has 0 saturated heterocycles. The van der Waals surface area contributed by atoms with E-state index >= 15 is 0 Å². The van der Waals surface area contributed by atoms with Gasteiger partial charge in [-0.05, 0) is 61.4 Å². The molecule has 3 rings (SSSR count). The molecule has 8 heteroatoms. The highest BCUT2D eigenvalue weighted by Crippen LogP contribution is 2.15. The number of carbonyl (C=O) groups excluding carboxylic acids is 4. The number of aryl methyl sites for hydroxylation is 2. The second kappa shape index (κ2) is 9.21. The van der Waals surface area contributed by atoms with Gasteiger partial charge in [0, 0.05) is 0 Å². The molecule has 0 amide bonds. The van der Waals surface area contributed by atoms with Crippen LogP contribution in [0.3, 0.4) is 0 Å². The molecule has 2 aromatic carbocycles. The van der Waals surface area contributed by atoms with Crippen LogP contribution in [-0.4, -0.2) is 50.3 Å². The Kier molecular flexibility index (Phi) is 6.46. The summed E-state index contributed by atoms with van der Waals surface area (Å²) in [6.07, 6.45) is 0. The Morgan fingerprint density at radius 1 is 0.467 bits per heavy atom. The number of esters is 4. The van der Waals surface area contributed by atoms with Gasteiger partial charge in [0.15, 0.2) is 0 Å². The Morgan fingerprint density at radius 3 is 0.933 bits per heavy atom. The van der Waals surface area contributed by atoms with E-state index in [0.29, 0.717) is 11.1 Å². The van der Waals surface area contributed by atoms with Gasteiger partial charge in [0.05, 0.1) is 22.3 Å². The molecule has 156 valence electrons. The van der Waals surface area contributed by atoms with E-state index < -0.39 is 23.9 Å². The summed E-state index contributed by atoms with van der Waals surface area (Å²) in [4.78, 5) is 49.1. The summed E-state index contributed by atoms with van der Waals surface area (Å²) in [6, 6.07) is 8.98. The Labute approximate surface area is 172 Å². The number of hydrogen-bond acceptors (Lipinski definition) is 8. The second-order valence-corrected chi connectivity index (χ2v) is 6.72. The fraction of sp³-hybridized carbons (Fsp3) is 0.273. The maximum atomic E-state index is 12.3. The molecular weight excluding hydrogens is 392 g/mol. The van der Waals surface area contributed by atoms with E-state index in [9.17, 15) is 19.2 Å². The highest BCUT2D eigenvalue weighted by molar-refractivity contribution is 5.96. The molecule has 0 spiro atoms. The fourth-order valence-corrected chi connectivity index (χ4v) is 2.91. The van der Waals surface area contributed by atoms with Gasteiger partial charge in [-0.25, -0.2) is 19.2 Å². The maximum Gasteiger partial charge on any atom is 0.338 e. The third kappa shape index (κ3) is 5.22. The maximum absolute atomic E-state index is 12.3. The largest absolute Gasteiger partial charge is 0.458 e. The smallest absolute Gasteiger partial charge is 0.338 e. The zero-order valence-electron chi connectivity index (χ0n) is 16.6. The van der Waals surface area contributed by atoms with Crippen LogP contribution in [-0.2, 0) is 18.9 Å². The molecule has 1 aliphatic heterocycles. The van der Waals surface area contributed by atoms with Crippen LogP contribution in [0.25, 0.3) is 0 Å². The number of cyclic esters (lactones) is 4. The molecular formula is C22H20O8. The van der Waals surface area contributed by atoms with Crippen molar-refractivity contribution in [1.29, 1.82) is 0 Å². The van der Waals surface area contributed by atoms with Crippen molar-refractivity contribution >= 4 is 23.9 Å². The number of rotatable bonds is 0. The first-order valence-corrected chi connectivity index (χ1v) is 9.25. The highest BCUT2D eigenvalue weighted by atomic mass is 16.6. The molecule has 0 unspecified atom stereocenters. The summed E-state index contributed by atoms with van der Waals surface area (Å²) in [5.74, 6) is -2.62. The summed E-state index contributed by atoms with van der Waals surface area (Å²) in [5, 5.41) is 0. The molecule has 30 heavy (non-hydrogen) atoms. The van der Waals surface area contributed by atoms with Crippen molar-refractivity contribution in [2.75, 3.05) is 26.4 Å². The second-order valence-electron chi connectivity index (χ2n) is 6.72. The van der Waals surface area contributed by atoms with Crippen molar-refractivity contribution in [2.24, 2.45) is 0 Å². The van der Waals surface area contributed by atoms with E-state index in [1.165, 1.54) is 12.1 Å². The minimum atomic E-state index is -0.656. The fourth-order valence-electron chi connectivity index (χ4n) is 2.91. The minimum Gasteiger partial charge on any atom is -0.458 e. The van der Waals surface area contributed by atoms with Gasteiger partial charge in [0.2, 0.25) is 0 Å². The van der Waals surface area contributed by atoms with E-state index in [1.807, 2.05) is 0 Å². The molecule has 0 atom stereocenters. The normalized spacial score (nSPS) is 15.8. The quantitative estimate of drug-likeness (QED) is 0.480. The Morgan fingerprint density at radius 2 is 0.700 bits per heavy atom. The summed E-state index contributed by atoms with van der Waals surface area (Å²) < 4.78 is 20.5. The number of fused-ring (bicyclic) bond motifs is 4. The van der Waals surface area contributed by atoms with Crippen molar-refractivity contribution in [3.63, 3.8) is 0 Å². The van der Waals surface area contributed by atoms with Gasteiger partial charge in [0.25, 0.3) is 0 Å². The van der Waals surface area contributed by atoms with Crippen LogP contribution in [0.5, 0.6) is 0 Å². The molecule has 0 aromatic heterocycles. The number of hydrogen-bond donors (Lipinski definition) is 0. The van der Waals surface area contributed by atoms with Crippen LogP contribution in [0.4, 0.5) is 0 Å². The van der Waals surface area contributed by atoms with Gasteiger partial charge in [-0.2, -0.15) is 0 Å². The molecule has 0 radical (unpaired) electrons.